The first-order valence-corrected chi connectivity index (χ1v) is 7.70. The van der Waals surface area contributed by atoms with E-state index >= 15 is 0 Å². The molecular formula is C14H24N4O4. The van der Waals surface area contributed by atoms with Crippen molar-refractivity contribution in [2.24, 2.45) is 11.7 Å². The normalized spacial score (nSPS) is 27.5. The van der Waals surface area contributed by atoms with Gasteiger partial charge in [-0.3, -0.25) is 14.4 Å². The van der Waals surface area contributed by atoms with Crippen LogP contribution in [-0.4, -0.2) is 65.5 Å². The van der Waals surface area contributed by atoms with Crippen LogP contribution in [0.4, 0.5) is 0 Å². The van der Waals surface area contributed by atoms with Gasteiger partial charge in [0.15, 0.2) is 0 Å². The Hall–Kier alpha value is -1.67. The molecule has 5 N–H and O–H groups in total. The van der Waals surface area contributed by atoms with Gasteiger partial charge in [0, 0.05) is 13.1 Å². The van der Waals surface area contributed by atoms with E-state index in [4.69, 9.17) is 5.73 Å². The molecule has 3 amide bonds. The molecule has 0 aromatic carbocycles. The number of nitrogens with zero attached hydrogens (tertiary/aromatic N) is 1. The number of carbonyl (C=O) groups is 3. The fraction of sp³-hybridized carbons (Fsp3) is 0.786. The van der Waals surface area contributed by atoms with E-state index in [1.165, 1.54) is 6.92 Å². The quantitative estimate of drug-likeness (QED) is 0.464. The fourth-order valence-corrected chi connectivity index (χ4v) is 3.08. The first-order valence-electron chi connectivity index (χ1n) is 7.70. The molecule has 2 aliphatic heterocycles. The Morgan fingerprint density at radius 2 is 2.09 bits per heavy atom. The summed E-state index contributed by atoms with van der Waals surface area (Å²) in [6.45, 7) is 3.38. The van der Waals surface area contributed by atoms with E-state index in [-0.39, 0.29) is 11.8 Å². The number of carbonyl (C=O) groups excluding carboxylic acids is 3. The zero-order valence-electron chi connectivity index (χ0n) is 12.7. The minimum atomic E-state index is -1.14. The lowest BCUT2D eigenvalue weighted by molar-refractivity contribution is -0.142. The molecule has 0 aromatic heterocycles. The number of nitrogens with two attached hydrogens (primary N) is 1. The summed E-state index contributed by atoms with van der Waals surface area (Å²) in [6, 6.07) is -1.73. The van der Waals surface area contributed by atoms with E-state index in [0.29, 0.717) is 19.5 Å². The van der Waals surface area contributed by atoms with Gasteiger partial charge < -0.3 is 26.4 Å². The van der Waals surface area contributed by atoms with Crippen molar-refractivity contribution in [3.05, 3.63) is 0 Å². The molecule has 8 heteroatoms. The van der Waals surface area contributed by atoms with Crippen LogP contribution in [0.3, 0.4) is 0 Å². The Morgan fingerprint density at radius 1 is 1.36 bits per heavy atom. The Kier molecular flexibility index (Phi) is 5.36. The summed E-state index contributed by atoms with van der Waals surface area (Å²) < 4.78 is 0. The molecule has 2 saturated heterocycles. The fourth-order valence-electron chi connectivity index (χ4n) is 3.08. The molecule has 0 spiro atoms. The average Bonchev–Trinajstić information content (AvgIpc) is 3.13. The van der Waals surface area contributed by atoms with Crippen LogP contribution in [-0.2, 0) is 14.4 Å². The highest BCUT2D eigenvalue weighted by atomic mass is 16.3. The van der Waals surface area contributed by atoms with Gasteiger partial charge in [-0.05, 0) is 32.7 Å². The van der Waals surface area contributed by atoms with Gasteiger partial charge in [0.2, 0.25) is 17.7 Å². The van der Waals surface area contributed by atoms with E-state index in [0.717, 1.165) is 19.4 Å². The average molecular weight is 312 g/mol. The van der Waals surface area contributed by atoms with Crippen LogP contribution in [0.25, 0.3) is 0 Å². The smallest absolute Gasteiger partial charge is 0.243 e. The van der Waals surface area contributed by atoms with E-state index in [1.54, 1.807) is 4.90 Å². The molecule has 8 nitrogen and oxygen atoms in total. The van der Waals surface area contributed by atoms with Gasteiger partial charge in [-0.1, -0.05) is 0 Å². The predicted octanol–water partition coefficient (Wildman–Crippen LogP) is -2.06. The van der Waals surface area contributed by atoms with Gasteiger partial charge in [0.25, 0.3) is 0 Å². The van der Waals surface area contributed by atoms with Crippen LogP contribution in [0, 0.1) is 5.92 Å². The van der Waals surface area contributed by atoms with Crippen molar-refractivity contribution in [1.29, 1.82) is 0 Å². The minimum Gasteiger partial charge on any atom is -0.391 e. The monoisotopic (exact) mass is 312 g/mol. The van der Waals surface area contributed by atoms with Gasteiger partial charge in [-0.25, -0.2) is 0 Å². The molecular weight excluding hydrogens is 288 g/mol. The summed E-state index contributed by atoms with van der Waals surface area (Å²) in [6.07, 6.45) is 1.01. The topological polar surface area (TPSA) is 125 Å². The number of likely N-dealkylation sites (tertiary alicyclic amines) is 1. The number of hydrogen-bond donors (Lipinski definition) is 4. The standard InChI is InChI=1S/C14H24N4O4/c1-8(19)11(12(15)20)17-13(21)10-3-2-6-18(10)14(22)9-4-5-16-7-9/h8-11,16,19H,2-7H2,1H3,(H2,15,20)(H,17,21)/t8-,9?,10?,11+/m1/s1. The molecule has 22 heavy (non-hydrogen) atoms. The lowest BCUT2D eigenvalue weighted by Crippen LogP contribution is -2.56. The summed E-state index contributed by atoms with van der Waals surface area (Å²) in [5.41, 5.74) is 5.18. The Balaban J connectivity index is 2.01. The zero-order valence-corrected chi connectivity index (χ0v) is 12.7. The Labute approximate surface area is 129 Å². The molecule has 0 radical (unpaired) electrons. The number of amides is 3. The number of aliphatic hydroxyl groups excluding tert-OH is 1. The summed E-state index contributed by atoms with van der Waals surface area (Å²) in [5.74, 6) is -1.33. The van der Waals surface area contributed by atoms with Crippen molar-refractivity contribution < 1.29 is 19.5 Å². The van der Waals surface area contributed by atoms with E-state index in [1.807, 2.05) is 0 Å². The SMILES string of the molecule is C[C@@H](O)[C@H](NC(=O)C1CCCN1C(=O)C1CCNC1)C(N)=O. The second kappa shape index (κ2) is 7.06. The lowest BCUT2D eigenvalue weighted by atomic mass is 10.1. The molecule has 2 rings (SSSR count). The van der Waals surface area contributed by atoms with Crippen LogP contribution in [0.2, 0.25) is 0 Å². The molecule has 2 aliphatic rings. The summed E-state index contributed by atoms with van der Waals surface area (Å²) >= 11 is 0. The maximum absolute atomic E-state index is 12.5. The van der Waals surface area contributed by atoms with Crippen LogP contribution in [0.5, 0.6) is 0 Å². The highest BCUT2D eigenvalue weighted by Gasteiger charge is 2.39. The van der Waals surface area contributed by atoms with E-state index < -0.39 is 30.0 Å². The van der Waals surface area contributed by atoms with Gasteiger partial charge >= 0.3 is 0 Å². The predicted molar refractivity (Wildman–Crippen MR) is 78.5 cm³/mol. The molecule has 0 aromatic rings. The van der Waals surface area contributed by atoms with Gasteiger partial charge in [0.05, 0.1) is 12.0 Å². The number of hydrogen-bond acceptors (Lipinski definition) is 5. The highest BCUT2D eigenvalue weighted by Crippen LogP contribution is 2.22. The summed E-state index contributed by atoms with van der Waals surface area (Å²) in [4.78, 5) is 37.7. The minimum absolute atomic E-state index is 0.0182. The number of nitrogens with one attached hydrogen (secondary N) is 2. The van der Waals surface area contributed by atoms with Crippen molar-refractivity contribution in [3.63, 3.8) is 0 Å². The van der Waals surface area contributed by atoms with Gasteiger partial charge in [0.1, 0.15) is 12.1 Å². The van der Waals surface area contributed by atoms with Gasteiger partial charge in [-0.15, -0.1) is 0 Å². The van der Waals surface area contributed by atoms with Crippen molar-refractivity contribution in [3.8, 4) is 0 Å². The summed E-state index contributed by atoms with van der Waals surface area (Å²) in [7, 11) is 0. The lowest BCUT2D eigenvalue weighted by Gasteiger charge is -2.28. The molecule has 4 atom stereocenters. The van der Waals surface area contributed by atoms with Crippen molar-refractivity contribution >= 4 is 17.7 Å². The third-order valence-corrected chi connectivity index (χ3v) is 4.33. The molecule has 2 fully saturated rings. The Morgan fingerprint density at radius 3 is 2.64 bits per heavy atom. The van der Waals surface area contributed by atoms with Gasteiger partial charge in [-0.2, -0.15) is 0 Å². The van der Waals surface area contributed by atoms with Crippen molar-refractivity contribution in [1.82, 2.24) is 15.5 Å². The van der Waals surface area contributed by atoms with Crippen LogP contribution >= 0.6 is 0 Å². The molecule has 124 valence electrons. The molecule has 2 heterocycles. The van der Waals surface area contributed by atoms with E-state index in [2.05, 4.69) is 10.6 Å². The third-order valence-electron chi connectivity index (χ3n) is 4.33. The third kappa shape index (κ3) is 3.56. The molecule has 2 unspecified atom stereocenters. The number of rotatable bonds is 5. The molecule has 0 bridgehead atoms. The second-order valence-electron chi connectivity index (χ2n) is 6.01. The molecule has 0 saturated carbocycles. The van der Waals surface area contributed by atoms with Crippen molar-refractivity contribution in [2.45, 2.75) is 44.4 Å². The van der Waals surface area contributed by atoms with Crippen LogP contribution in [0.1, 0.15) is 26.2 Å². The van der Waals surface area contributed by atoms with Crippen molar-refractivity contribution in [2.75, 3.05) is 19.6 Å². The summed E-state index contributed by atoms with van der Waals surface area (Å²) in [5, 5.41) is 15.1. The number of aliphatic hydroxyl groups is 1. The van der Waals surface area contributed by atoms with Crippen LogP contribution in [0.15, 0.2) is 0 Å². The highest BCUT2D eigenvalue weighted by molar-refractivity contribution is 5.92. The van der Waals surface area contributed by atoms with E-state index in [9.17, 15) is 19.5 Å². The first kappa shape index (κ1) is 16.7. The maximum Gasteiger partial charge on any atom is 0.243 e. The second-order valence-corrected chi connectivity index (χ2v) is 6.01. The van der Waals surface area contributed by atoms with Crippen LogP contribution < -0.4 is 16.4 Å². The Bertz CT molecular complexity index is 448. The number of primary amides is 1. The maximum atomic E-state index is 12.5. The molecule has 0 aliphatic carbocycles. The first-order chi connectivity index (χ1) is 10.4. The largest absolute Gasteiger partial charge is 0.391 e. The zero-order chi connectivity index (χ0) is 16.3.